The van der Waals surface area contributed by atoms with Crippen molar-refractivity contribution >= 4 is 11.8 Å². The van der Waals surface area contributed by atoms with Crippen molar-refractivity contribution < 1.29 is 14.0 Å². The Balaban J connectivity index is 1.75. The van der Waals surface area contributed by atoms with Gasteiger partial charge in [-0.1, -0.05) is 13.8 Å². The molecule has 0 aromatic carbocycles. The van der Waals surface area contributed by atoms with Crippen LogP contribution in [0.2, 0.25) is 0 Å². The molecule has 1 N–H and O–H groups in total. The highest BCUT2D eigenvalue weighted by atomic mass is 16.3. The van der Waals surface area contributed by atoms with E-state index in [1.54, 1.807) is 17.2 Å². The SMILES string of the molecule is CC(C)CCCNC(=O)C1CC(=O)N(Cc2ccco2)C1. The molecule has 1 aliphatic heterocycles. The van der Waals surface area contributed by atoms with Crippen LogP contribution in [0.1, 0.15) is 38.9 Å². The summed E-state index contributed by atoms with van der Waals surface area (Å²) in [5.41, 5.74) is 0. The Hall–Kier alpha value is -1.78. The Morgan fingerprint density at radius 1 is 1.52 bits per heavy atom. The Labute approximate surface area is 125 Å². The van der Waals surface area contributed by atoms with Crippen LogP contribution in [0.5, 0.6) is 0 Å². The van der Waals surface area contributed by atoms with Gasteiger partial charge in [-0.15, -0.1) is 0 Å². The highest BCUT2D eigenvalue weighted by Crippen LogP contribution is 2.20. The predicted molar refractivity (Wildman–Crippen MR) is 79.3 cm³/mol. The molecule has 116 valence electrons. The first-order valence-corrected chi connectivity index (χ1v) is 7.64. The maximum atomic E-state index is 12.1. The normalized spacial score (nSPS) is 18.5. The largest absolute Gasteiger partial charge is 0.467 e. The van der Waals surface area contributed by atoms with Crippen LogP contribution in [-0.4, -0.2) is 29.8 Å². The number of hydrogen-bond acceptors (Lipinski definition) is 3. The number of nitrogens with one attached hydrogen (secondary N) is 1. The maximum absolute atomic E-state index is 12.1. The molecule has 1 aliphatic rings. The zero-order valence-corrected chi connectivity index (χ0v) is 12.8. The third kappa shape index (κ3) is 4.62. The summed E-state index contributed by atoms with van der Waals surface area (Å²) in [5.74, 6) is 1.19. The van der Waals surface area contributed by atoms with Gasteiger partial charge in [-0.2, -0.15) is 0 Å². The molecule has 2 rings (SSSR count). The lowest BCUT2D eigenvalue weighted by molar-refractivity contribution is -0.129. The number of nitrogens with zero attached hydrogens (tertiary/aromatic N) is 1. The zero-order valence-electron chi connectivity index (χ0n) is 12.8. The van der Waals surface area contributed by atoms with E-state index >= 15 is 0 Å². The van der Waals surface area contributed by atoms with Crippen LogP contribution >= 0.6 is 0 Å². The fourth-order valence-corrected chi connectivity index (χ4v) is 2.56. The van der Waals surface area contributed by atoms with Crippen molar-refractivity contribution in [2.75, 3.05) is 13.1 Å². The molecule has 5 nitrogen and oxygen atoms in total. The molecule has 1 unspecified atom stereocenters. The summed E-state index contributed by atoms with van der Waals surface area (Å²) >= 11 is 0. The van der Waals surface area contributed by atoms with Crippen molar-refractivity contribution in [3.8, 4) is 0 Å². The lowest BCUT2D eigenvalue weighted by Gasteiger charge is -2.15. The predicted octanol–water partition coefficient (Wildman–Crippen LogP) is 2.18. The molecule has 1 aromatic rings. The zero-order chi connectivity index (χ0) is 15.2. The van der Waals surface area contributed by atoms with Gasteiger partial charge in [0.25, 0.3) is 0 Å². The number of amides is 2. The average molecular weight is 292 g/mol. The molecule has 1 fully saturated rings. The maximum Gasteiger partial charge on any atom is 0.225 e. The van der Waals surface area contributed by atoms with Crippen LogP contribution in [0.25, 0.3) is 0 Å². The molecule has 5 heteroatoms. The topological polar surface area (TPSA) is 62.6 Å². The smallest absolute Gasteiger partial charge is 0.225 e. The number of rotatable bonds is 7. The lowest BCUT2D eigenvalue weighted by atomic mass is 10.1. The van der Waals surface area contributed by atoms with Crippen molar-refractivity contribution in [3.63, 3.8) is 0 Å². The summed E-state index contributed by atoms with van der Waals surface area (Å²) in [5, 5.41) is 2.94. The van der Waals surface area contributed by atoms with Gasteiger partial charge in [0.1, 0.15) is 5.76 Å². The minimum atomic E-state index is -0.230. The number of hydrogen-bond donors (Lipinski definition) is 1. The first-order valence-electron chi connectivity index (χ1n) is 7.64. The highest BCUT2D eigenvalue weighted by Gasteiger charge is 2.34. The van der Waals surface area contributed by atoms with Crippen LogP contribution < -0.4 is 5.32 Å². The van der Waals surface area contributed by atoms with E-state index in [1.807, 2.05) is 6.07 Å². The van der Waals surface area contributed by atoms with Crippen LogP contribution in [0, 0.1) is 11.8 Å². The van der Waals surface area contributed by atoms with E-state index in [0.29, 0.717) is 32.0 Å². The lowest BCUT2D eigenvalue weighted by Crippen LogP contribution is -2.33. The molecule has 21 heavy (non-hydrogen) atoms. The van der Waals surface area contributed by atoms with E-state index in [9.17, 15) is 9.59 Å². The minimum Gasteiger partial charge on any atom is -0.467 e. The Bertz CT molecular complexity index is 468. The Morgan fingerprint density at radius 3 is 3.00 bits per heavy atom. The highest BCUT2D eigenvalue weighted by molar-refractivity contribution is 5.89. The van der Waals surface area contributed by atoms with Gasteiger partial charge in [-0.05, 0) is 30.9 Å². The third-order valence-corrected chi connectivity index (χ3v) is 3.77. The molecule has 0 spiro atoms. The van der Waals surface area contributed by atoms with Gasteiger partial charge >= 0.3 is 0 Å². The summed E-state index contributed by atoms with van der Waals surface area (Å²) in [6, 6.07) is 3.64. The van der Waals surface area contributed by atoms with E-state index in [0.717, 1.165) is 18.6 Å². The third-order valence-electron chi connectivity index (χ3n) is 3.77. The molecule has 1 atom stereocenters. The van der Waals surface area contributed by atoms with Gasteiger partial charge in [0.2, 0.25) is 11.8 Å². The molecule has 1 aromatic heterocycles. The molecule has 2 heterocycles. The summed E-state index contributed by atoms with van der Waals surface area (Å²) in [4.78, 5) is 25.7. The molecule has 1 saturated heterocycles. The van der Waals surface area contributed by atoms with Crippen LogP contribution in [-0.2, 0) is 16.1 Å². The number of carbonyl (C=O) groups excluding carboxylic acids is 2. The molecule has 0 aliphatic carbocycles. The van der Waals surface area contributed by atoms with Gasteiger partial charge in [-0.3, -0.25) is 9.59 Å². The molecular weight excluding hydrogens is 268 g/mol. The Kier molecular flexibility index (Phi) is 5.42. The van der Waals surface area contributed by atoms with E-state index in [4.69, 9.17) is 4.42 Å². The number of carbonyl (C=O) groups is 2. The van der Waals surface area contributed by atoms with Crippen molar-refractivity contribution in [2.45, 2.75) is 39.7 Å². The fraction of sp³-hybridized carbons (Fsp3) is 0.625. The van der Waals surface area contributed by atoms with E-state index in [1.165, 1.54) is 0 Å². The monoisotopic (exact) mass is 292 g/mol. The minimum absolute atomic E-state index is 0.00551. The van der Waals surface area contributed by atoms with Crippen molar-refractivity contribution in [2.24, 2.45) is 11.8 Å². The van der Waals surface area contributed by atoms with Crippen LogP contribution in [0.15, 0.2) is 22.8 Å². The van der Waals surface area contributed by atoms with Gasteiger partial charge in [-0.25, -0.2) is 0 Å². The molecule has 0 saturated carbocycles. The molecule has 0 radical (unpaired) electrons. The van der Waals surface area contributed by atoms with Gasteiger partial charge < -0.3 is 14.6 Å². The number of likely N-dealkylation sites (tertiary alicyclic amines) is 1. The molecule has 2 amide bonds. The van der Waals surface area contributed by atoms with E-state index in [-0.39, 0.29) is 17.7 Å². The summed E-state index contributed by atoms with van der Waals surface area (Å²) in [7, 11) is 0. The quantitative estimate of drug-likeness (QED) is 0.784. The second-order valence-corrected chi connectivity index (χ2v) is 6.08. The number of furan rings is 1. The fourth-order valence-electron chi connectivity index (χ4n) is 2.56. The standard InChI is InChI=1S/C16H24N2O3/c1-12(2)5-3-7-17-16(20)13-9-15(19)18(10-13)11-14-6-4-8-21-14/h4,6,8,12-13H,3,5,7,9-11H2,1-2H3,(H,17,20). The van der Waals surface area contributed by atoms with Gasteiger partial charge in [0.05, 0.1) is 18.7 Å². The second kappa shape index (κ2) is 7.29. The van der Waals surface area contributed by atoms with E-state index in [2.05, 4.69) is 19.2 Å². The Morgan fingerprint density at radius 2 is 2.33 bits per heavy atom. The average Bonchev–Trinajstić information content (AvgIpc) is 3.05. The van der Waals surface area contributed by atoms with Crippen molar-refractivity contribution in [1.82, 2.24) is 10.2 Å². The van der Waals surface area contributed by atoms with Gasteiger partial charge in [0, 0.05) is 19.5 Å². The van der Waals surface area contributed by atoms with Gasteiger partial charge in [0.15, 0.2) is 0 Å². The summed E-state index contributed by atoms with van der Waals surface area (Å²) in [6.07, 6.45) is 3.99. The van der Waals surface area contributed by atoms with E-state index < -0.39 is 0 Å². The molecule has 0 bridgehead atoms. The van der Waals surface area contributed by atoms with Crippen LogP contribution in [0.3, 0.4) is 0 Å². The van der Waals surface area contributed by atoms with Crippen LogP contribution in [0.4, 0.5) is 0 Å². The summed E-state index contributed by atoms with van der Waals surface area (Å²) < 4.78 is 5.25. The first-order chi connectivity index (χ1) is 10.1. The van der Waals surface area contributed by atoms with Crippen molar-refractivity contribution in [3.05, 3.63) is 24.2 Å². The van der Waals surface area contributed by atoms with Crippen molar-refractivity contribution in [1.29, 1.82) is 0 Å². The second-order valence-electron chi connectivity index (χ2n) is 6.08. The molecular formula is C16H24N2O3. The summed E-state index contributed by atoms with van der Waals surface area (Å²) in [6.45, 7) is 5.96. The first kappa shape index (κ1) is 15.6.